The number of hydrogen-bond donors (Lipinski definition) is 3. The molecule has 0 fully saturated rings. The van der Waals surface area contributed by atoms with Crippen LogP contribution in [0.2, 0.25) is 0 Å². The van der Waals surface area contributed by atoms with Crippen LogP contribution in [0.1, 0.15) is 23.0 Å². The second-order valence-electron chi connectivity index (χ2n) is 8.60. The van der Waals surface area contributed by atoms with Crippen molar-refractivity contribution in [1.82, 2.24) is 20.3 Å². The van der Waals surface area contributed by atoms with Gasteiger partial charge in [0.2, 0.25) is 0 Å². The number of H-pyrrole nitrogens is 1. The molecule has 1 aliphatic heterocycles. The fraction of sp³-hybridized carbons (Fsp3) is 0.214. The first kappa shape index (κ1) is 26.2. The number of benzene rings is 2. The molecular weight excluding hydrogens is 566 g/mol. The summed E-state index contributed by atoms with van der Waals surface area (Å²) in [6, 6.07) is 14.3. The van der Waals surface area contributed by atoms with Gasteiger partial charge in [-0.25, -0.2) is 9.97 Å². The van der Waals surface area contributed by atoms with Crippen LogP contribution in [0, 0.1) is 0 Å². The Kier molecular flexibility index (Phi) is 7.78. The molecule has 5 rings (SSSR count). The molecule has 0 saturated heterocycles. The van der Waals surface area contributed by atoms with Gasteiger partial charge in [-0.3, -0.25) is 9.59 Å². The molecule has 0 aliphatic carbocycles. The number of hydrogen-bond acceptors (Lipinski definition) is 7. The molecule has 0 atom stereocenters. The highest BCUT2D eigenvalue weighted by Crippen LogP contribution is 2.39. The zero-order valence-electron chi connectivity index (χ0n) is 21.3. The lowest BCUT2D eigenvalue weighted by atomic mass is 10.1. The lowest BCUT2D eigenvalue weighted by molar-refractivity contribution is -0.118. The molecule has 10 nitrogen and oxygen atoms in total. The molecule has 0 unspecified atom stereocenters. The molecule has 4 aromatic rings. The Balaban J connectivity index is 1.37. The van der Waals surface area contributed by atoms with Crippen molar-refractivity contribution in [3.05, 3.63) is 70.5 Å². The molecule has 11 heteroatoms. The molecule has 2 aromatic heterocycles. The molecule has 0 bridgehead atoms. The maximum atomic E-state index is 12.6. The number of para-hydroxylation sites is 2. The molecule has 2 amide bonds. The summed E-state index contributed by atoms with van der Waals surface area (Å²) in [6.07, 6.45) is 2.40. The van der Waals surface area contributed by atoms with Crippen LogP contribution < -0.4 is 24.8 Å². The molecule has 0 radical (unpaired) electrons. The van der Waals surface area contributed by atoms with E-state index in [-0.39, 0.29) is 18.4 Å². The van der Waals surface area contributed by atoms with Crippen LogP contribution >= 0.6 is 15.9 Å². The topological polar surface area (TPSA) is 127 Å². The zero-order valence-corrected chi connectivity index (χ0v) is 22.9. The molecule has 0 spiro atoms. The number of ether oxygens (including phenoxy) is 3. The van der Waals surface area contributed by atoms with Gasteiger partial charge in [0.1, 0.15) is 5.75 Å². The predicted molar refractivity (Wildman–Crippen MR) is 149 cm³/mol. The first-order chi connectivity index (χ1) is 19.0. The van der Waals surface area contributed by atoms with Gasteiger partial charge in [0.15, 0.2) is 23.9 Å². The number of anilines is 1. The Labute approximate surface area is 233 Å². The highest BCUT2D eigenvalue weighted by atomic mass is 79.9. The first-order valence-electron chi connectivity index (χ1n) is 12.3. The van der Waals surface area contributed by atoms with Crippen molar-refractivity contribution in [3.63, 3.8) is 0 Å². The van der Waals surface area contributed by atoms with E-state index in [1.165, 1.54) is 7.11 Å². The Morgan fingerprint density at radius 1 is 1.13 bits per heavy atom. The van der Waals surface area contributed by atoms with Crippen molar-refractivity contribution in [3.8, 4) is 40.0 Å². The highest BCUT2D eigenvalue weighted by Gasteiger charge is 2.21. The van der Waals surface area contributed by atoms with Gasteiger partial charge in [-0.15, -0.1) is 0 Å². The molecule has 3 heterocycles. The Hall–Kier alpha value is -4.38. The summed E-state index contributed by atoms with van der Waals surface area (Å²) in [6.45, 7) is 2.61. The highest BCUT2D eigenvalue weighted by molar-refractivity contribution is 9.10. The largest absolute Gasteiger partial charge is 0.495 e. The summed E-state index contributed by atoms with van der Waals surface area (Å²) in [5, 5.41) is 5.64. The van der Waals surface area contributed by atoms with Crippen LogP contribution in [-0.2, 0) is 11.2 Å². The van der Waals surface area contributed by atoms with Crippen LogP contribution in [0.5, 0.6) is 17.2 Å². The van der Waals surface area contributed by atoms with Gasteiger partial charge in [-0.05, 0) is 59.3 Å². The number of methoxy groups -OCH3 is 1. The Morgan fingerprint density at radius 2 is 1.97 bits per heavy atom. The number of carbonyl (C=O) groups excluding carboxylic acids is 2. The fourth-order valence-electron chi connectivity index (χ4n) is 4.25. The van der Waals surface area contributed by atoms with Gasteiger partial charge in [-0.2, -0.15) is 0 Å². The SMILES string of the molecule is CCOc1cc(-c2nccc(-c3cc4c([nH]3)CCNC4=O)n2)cc(Br)c1OCC(=O)Nc1ccccc1OC. The van der Waals surface area contributed by atoms with Crippen molar-refractivity contribution in [2.24, 2.45) is 0 Å². The summed E-state index contributed by atoms with van der Waals surface area (Å²) in [7, 11) is 1.54. The van der Waals surface area contributed by atoms with Crippen molar-refractivity contribution in [1.29, 1.82) is 0 Å². The van der Waals surface area contributed by atoms with E-state index in [0.717, 1.165) is 17.8 Å². The zero-order chi connectivity index (χ0) is 27.4. The molecule has 3 N–H and O–H groups in total. The number of fused-ring (bicyclic) bond motifs is 1. The minimum atomic E-state index is -0.351. The second-order valence-corrected chi connectivity index (χ2v) is 9.46. The summed E-state index contributed by atoms with van der Waals surface area (Å²) in [4.78, 5) is 37.2. The van der Waals surface area contributed by atoms with Gasteiger partial charge in [-0.1, -0.05) is 12.1 Å². The molecule has 0 saturated carbocycles. The molecule has 39 heavy (non-hydrogen) atoms. The van der Waals surface area contributed by atoms with Crippen molar-refractivity contribution < 1.29 is 23.8 Å². The predicted octanol–water partition coefficient (Wildman–Crippen LogP) is 4.61. The lowest BCUT2D eigenvalue weighted by Gasteiger charge is -2.16. The third kappa shape index (κ3) is 5.73. The number of rotatable bonds is 9. The lowest BCUT2D eigenvalue weighted by Crippen LogP contribution is -2.31. The maximum Gasteiger partial charge on any atom is 0.262 e. The fourth-order valence-corrected chi connectivity index (χ4v) is 4.81. The van der Waals surface area contributed by atoms with E-state index in [4.69, 9.17) is 19.2 Å². The summed E-state index contributed by atoms with van der Waals surface area (Å²) < 4.78 is 17.6. The number of amides is 2. The average Bonchev–Trinajstić information content (AvgIpc) is 3.39. The number of halogens is 1. The average molecular weight is 592 g/mol. The van der Waals surface area contributed by atoms with E-state index in [1.54, 1.807) is 36.5 Å². The van der Waals surface area contributed by atoms with Crippen LogP contribution in [0.15, 0.2) is 59.2 Å². The Bertz CT molecular complexity index is 1540. The van der Waals surface area contributed by atoms with Gasteiger partial charge in [0.05, 0.1) is 40.8 Å². The molecular formula is C28H26BrN5O5. The number of carbonyl (C=O) groups is 2. The minimum Gasteiger partial charge on any atom is -0.495 e. The van der Waals surface area contributed by atoms with Gasteiger partial charge in [0, 0.05) is 30.4 Å². The molecule has 2 aromatic carbocycles. The molecule has 200 valence electrons. The van der Waals surface area contributed by atoms with E-state index in [9.17, 15) is 9.59 Å². The Morgan fingerprint density at radius 3 is 2.77 bits per heavy atom. The van der Waals surface area contributed by atoms with E-state index in [2.05, 4.69) is 36.5 Å². The van der Waals surface area contributed by atoms with Gasteiger partial charge < -0.3 is 29.8 Å². The van der Waals surface area contributed by atoms with Crippen LogP contribution in [0.3, 0.4) is 0 Å². The van der Waals surface area contributed by atoms with Crippen LogP contribution in [0.25, 0.3) is 22.8 Å². The monoisotopic (exact) mass is 591 g/mol. The van der Waals surface area contributed by atoms with Gasteiger partial charge in [0.25, 0.3) is 11.8 Å². The number of nitrogens with one attached hydrogen (secondary N) is 3. The quantitative estimate of drug-likeness (QED) is 0.259. The number of aromatic amines is 1. The summed E-state index contributed by atoms with van der Waals surface area (Å²) in [5.74, 6) is 1.40. The molecule has 1 aliphatic rings. The van der Waals surface area contributed by atoms with E-state index < -0.39 is 0 Å². The van der Waals surface area contributed by atoms with Crippen molar-refractivity contribution in [2.75, 3.05) is 32.2 Å². The number of aromatic nitrogens is 3. The summed E-state index contributed by atoms with van der Waals surface area (Å²) >= 11 is 3.55. The second kappa shape index (κ2) is 11.6. The maximum absolute atomic E-state index is 12.6. The third-order valence-corrected chi connectivity index (χ3v) is 6.62. The van der Waals surface area contributed by atoms with Crippen molar-refractivity contribution in [2.45, 2.75) is 13.3 Å². The van der Waals surface area contributed by atoms with E-state index >= 15 is 0 Å². The standard InChI is InChI=1S/C28H26BrN5O5/c1-3-38-24-13-16(12-18(29)26(24)39-15-25(35)33-21-6-4-5-7-23(21)37-2)27-30-10-9-20(34-27)22-14-17-19(32-22)8-11-31-28(17)36/h4-7,9-10,12-14,32H,3,8,11,15H2,1-2H3,(H,31,36)(H,33,35). The third-order valence-electron chi connectivity index (χ3n) is 6.03. The van der Waals surface area contributed by atoms with E-state index in [0.29, 0.717) is 63.2 Å². The summed E-state index contributed by atoms with van der Waals surface area (Å²) in [5.41, 5.74) is 4.16. The van der Waals surface area contributed by atoms with Crippen LogP contribution in [0.4, 0.5) is 5.69 Å². The number of nitrogens with zero attached hydrogens (tertiary/aromatic N) is 2. The normalized spacial score (nSPS) is 12.3. The van der Waals surface area contributed by atoms with E-state index in [1.807, 2.05) is 25.1 Å². The van der Waals surface area contributed by atoms with Crippen molar-refractivity contribution >= 4 is 33.4 Å². The first-order valence-corrected chi connectivity index (χ1v) is 13.1. The van der Waals surface area contributed by atoms with Gasteiger partial charge >= 0.3 is 0 Å². The minimum absolute atomic E-state index is 0.0921. The smallest absolute Gasteiger partial charge is 0.262 e. The van der Waals surface area contributed by atoms with Crippen LogP contribution in [-0.4, -0.2) is 53.6 Å².